The van der Waals surface area contributed by atoms with E-state index in [4.69, 9.17) is 14.5 Å². The summed E-state index contributed by atoms with van der Waals surface area (Å²) in [6.07, 6.45) is 0. The van der Waals surface area contributed by atoms with Crippen LogP contribution in [0.15, 0.2) is 145 Å². The first kappa shape index (κ1) is 26.7. The fourth-order valence-electron chi connectivity index (χ4n) is 4.87. The number of amidine groups is 1. The Morgan fingerprint density at radius 3 is 1.71 bits per heavy atom. The Balaban J connectivity index is 1.18. The number of nitrogens with zero attached hydrogens (tertiary/aromatic N) is 1. The molecule has 5 aromatic carbocycles. The highest BCUT2D eigenvalue weighted by Gasteiger charge is 2.31. The molecule has 0 spiro atoms. The third-order valence-corrected chi connectivity index (χ3v) is 7.98. The average Bonchev–Trinajstić information content (AvgIpc) is 3.48. The lowest BCUT2D eigenvalue weighted by Gasteiger charge is -2.19. The zero-order chi connectivity index (χ0) is 27.7. The second-order valence-corrected chi connectivity index (χ2v) is 10.9. The molecule has 0 saturated carbocycles. The highest BCUT2D eigenvalue weighted by Crippen LogP contribution is 2.38. The number of benzene rings is 5. The number of hydrogen-bond donors (Lipinski definition) is 1. The number of hydrogen-bond acceptors (Lipinski definition) is 5. The molecule has 204 valence electrons. The van der Waals surface area contributed by atoms with Gasteiger partial charge < -0.3 is 14.8 Å². The number of nitrogens with one attached hydrogen (secondary N) is 1. The van der Waals surface area contributed by atoms with Crippen LogP contribution in [0.2, 0.25) is 0 Å². The van der Waals surface area contributed by atoms with Crippen molar-refractivity contribution in [3.05, 3.63) is 167 Å². The predicted octanol–water partition coefficient (Wildman–Crippen LogP) is 8.52. The van der Waals surface area contributed by atoms with E-state index in [-0.39, 0.29) is 12.1 Å². The van der Waals surface area contributed by atoms with E-state index in [1.54, 1.807) is 11.8 Å². The molecule has 6 rings (SSSR count). The zero-order valence-corrected chi connectivity index (χ0v) is 23.5. The quantitative estimate of drug-likeness (QED) is 0.187. The molecule has 0 aromatic heterocycles. The van der Waals surface area contributed by atoms with Crippen LogP contribution >= 0.6 is 11.8 Å². The lowest BCUT2D eigenvalue weighted by Crippen LogP contribution is -2.22. The van der Waals surface area contributed by atoms with Crippen LogP contribution in [-0.2, 0) is 19.0 Å². The van der Waals surface area contributed by atoms with Gasteiger partial charge in [0.1, 0.15) is 19.3 Å². The van der Waals surface area contributed by atoms with Crippen molar-refractivity contribution in [3.63, 3.8) is 0 Å². The van der Waals surface area contributed by atoms with Gasteiger partial charge in [-0.3, -0.25) is 4.99 Å². The molecule has 41 heavy (non-hydrogen) atoms. The molecule has 0 aliphatic carbocycles. The molecule has 5 aromatic rings. The topological polar surface area (TPSA) is 42.8 Å². The normalized spacial score (nSPS) is 16.0. The van der Waals surface area contributed by atoms with E-state index >= 15 is 0 Å². The van der Waals surface area contributed by atoms with Crippen molar-refractivity contribution in [1.29, 1.82) is 0 Å². The van der Waals surface area contributed by atoms with Gasteiger partial charge in [-0.15, -0.1) is 0 Å². The molecule has 5 heteroatoms. The minimum atomic E-state index is 0.0274. The second kappa shape index (κ2) is 13.2. The van der Waals surface area contributed by atoms with Gasteiger partial charge in [0.05, 0.1) is 6.04 Å². The third-order valence-electron chi connectivity index (χ3n) is 7.01. The highest BCUT2D eigenvalue weighted by molar-refractivity contribution is 8.13. The van der Waals surface area contributed by atoms with Crippen molar-refractivity contribution in [2.45, 2.75) is 31.1 Å². The van der Waals surface area contributed by atoms with E-state index in [2.05, 4.69) is 96.3 Å². The Hall–Kier alpha value is -4.48. The van der Waals surface area contributed by atoms with Crippen LogP contribution in [-0.4, -0.2) is 5.17 Å². The van der Waals surface area contributed by atoms with Crippen LogP contribution in [0.25, 0.3) is 0 Å². The van der Waals surface area contributed by atoms with Gasteiger partial charge in [0, 0.05) is 5.75 Å². The van der Waals surface area contributed by atoms with Crippen LogP contribution in [0.5, 0.6) is 11.5 Å². The van der Waals surface area contributed by atoms with E-state index < -0.39 is 0 Å². The molecule has 2 atom stereocenters. The Labute approximate surface area is 246 Å². The molecule has 0 bridgehead atoms. The molecular weight excluding hydrogens is 524 g/mol. The number of aliphatic imine (C=N–C) groups is 1. The highest BCUT2D eigenvalue weighted by atomic mass is 32.2. The van der Waals surface area contributed by atoms with Gasteiger partial charge in [-0.1, -0.05) is 139 Å². The first-order valence-corrected chi connectivity index (χ1v) is 14.8. The predicted molar refractivity (Wildman–Crippen MR) is 168 cm³/mol. The number of rotatable bonds is 10. The van der Waals surface area contributed by atoms with Crippen LogP contribution in [0.3, 0.4) is 0 Å². The first-order chi connectivity index (χ1) is 20.3. The van der Waals surface area contributed by atoms with Gasteiger partial charge in [-0.2, -0.15) is 0 Å². The Morgan fingerprint density at radius 1 is 0.561 bits per heavy atom. The minimum absolute atomic E-state index is 0.0274. The summed E-state index contributed by atoms with van der Waals surface area (Å²) >= 11 is 1.72. The van der Waals surface area contributed by atoms with E-state index in [9.17, 15) is 0 Å². The molecule has 0 radical (unpaired) electrons. The van der Waals surface area contributed by atoms with Crippen LogP contribution < -0.4 is 14.8 Å². The summed E-state index contributed by atoms with van der Waals surface area (Å²) in [5.74, 6) is 2.24. The summed E-state index contributed by atoms with van der Waals surface area (Å²) < 4.78 is 12.5. The van der Waals surface area contributed by atoms with Crippen molar-refractivity contribution in [2.24, 2.45) is 4.99 Å². The smallest absolute Gasteiger partial charge is 0.162 e. The van der Waals surface area contributed by atoms with E-state index in [0.29, 0.717) is 13.2 Å². The van der Waals surface area contributed by atoms with Crippen molar-refractivity contribution >= 4 is 16.9 Å². The number of thioether (sulfide) groups is 1. The maximum absolute atomic E-state index is 6.29. The van der Waals surface area contributed by atoms with Gasteiger partial charge >= 0.3 is 0 Å². The second-order valence-electron chi connectivity index (χ2n) is 9.94. The Bertz CT molecular complexity index is 1560. The molecule has 1 N–H and O–H groups in total. The molecule has 0 saturated heterocycles. The molecule has 4 nitrogen and oxygen atoms in total. The summed E-state index contributed by atoms with van der Waals surface area (Å²) in [6, 6.07) is 47.8. The standard InChI is InChI=1S/C36H32N2O2S/c1-5-13-27(14-6-1)24-39-32-22-21-29(23-33(32)40-25-28-15-7-2-8-16-28)26-41-36-37-34(30-17-9-3-10-18-30)35(38-36)31-19-11-4-12-20-31/h1-23,34-35H,24-26H2,(H,37,38)/t34-,35+. The van der Waals surface area contributed by atoms with Gasteiger partial charge in [0.25, 0.3) is 0 Å². The van der Waals surface area contributed by atoms with Crippen molar-refractivity contribution in [1.82, 2.24) is 5.32 Å². The molecular formula is C36H32N2O2S. The first-order valence-electron chi connectivity index (χ1n) is 13.9. The lowest BCUT2D eigenvalue weighted by molar-refractivity contribution is 0.256. The summed E-state index contributed by atoms with van der Waals surface area (Å²) in [5, 5.41) is 4.64. The maximum Gasteiger partial charge on any atom is 0.162 e. The zero-order valence-electron chi connectivity index (χ0n) is 22.7. The molecule has 0 unspecified atom stereocenters. The lowest BCUT2D eigenvalue weighted by atomic mass is 9.95. The van der Waals surface area contributed by atoms with Crippen molar-refractivity contribution in [2.75, 3.05) is 0 Å². The van der Waals surface area contributed by atoms with E-state index in [0.717, 1.165) is 39.1 Å². The summed E-state index contributed by atoms with van der Waals surface area (Å²) in [6.45, 7) is 0.962. The molecule has 0 amide bonds. The largest absolute Gasteiger partial charge is 0.485 e. The average molecular weight is 557 g/mol. The summed E-state index contributed by atoms with van der Waals surface area (Å²) in [4.78, 5) is 5.12. The van der Waals surface area contributed by atoms with Crippen molar-refractivity contribution in [3.8, 4) is 11.5 Å². The van der Waals surface area contributed by atoms with Crippen LogP contribution in [0.1, 0.15) is 39.9 Å². The van der Waals surface area contributed by atoms with E-state index in [1.165, 1.54) is 11.1 Å². The minimum Gasteiger partial charge on any atom is -0.485 e. The SMILES string of the molecule is c1ccc(COc2ccc(CSC3=N[C@H](c4ccccc4)[C@H](c4ccccc4)N3)cc2OCc2ccccc2)cc1. The van der Waals surface area contributed by atoms with Crippen LogP contribution in [0.4, 0.5) is 0 Å². The molecule has 1 heterocycles. The summed E-state index contributed by atoms with van der Waals surface area (Å²) in [7, 11) is 0. The van der Waals surface area contributed by atoms with Crippen molar-refractivity contribution < 1.29 is 9.47 Å². The van der Waals surface area contributed by atoms with Gasteiger partial charge in [0.2, 0.25) is 0 Å². The Kier molecular flexibility index (Phi) is 8.64. The van der Waals surface area contributed by atoms with Crippen LogP contribution in [0, 0.1) is 0 Å². The monoisotopic (exact) mass is 556 g/mol. The van der Waals surface area contributed by atoms with E-state index in [1.807, 2.05) is 48.5 Å². The number of ether oxygens (including phenoxy) is 2. The molecule has 0 fully saturated rings. The van der Waals surface area contributed by atoms with Gasteiger partial charge in [0.15, 0.2) is 16.7 Å². The molecule has 1 aliphatic heterocycles. The maximum atomic E-state index is 6.29. The fourth-order valence-corrected chi connectivity index (χ4v) is 5.75. The Morgan fingerprint density at radius 2 is 1.10 bits per heavy atom. The fraction of sp³-hybridized carbons (Fsp3) is 0.139. The third kappa shape index (κ3) is 7.00. The van der Waals surface area contributed by atoms with Gasteiger partial charge in [-0.25, -0.2) is 0 Å². The molecule has 1 aliphatic rings. The van der Waals surface area contributed by atoms with Gasteiger partial charge in [-0.05, 0) is 39.9 Å². The summed E-state index contributed by atoms with van der Waals surface area (Å²) in [5.41, 5.74) is 5.82.